The number of hydrogen-bond donors (Lipinski definition) is 1. The van der Waals surface area contributed by atoms with Gasteiger partial charge in [0.2, 0.25) is 0 Å². The fourth-order valence-corrected chi connectivity index (χ4v) is 3.16. The van der Waals surface area contributed by atoms with E-state index < -0.39 is 5.69 Å². The number of fused-ring (bicyclic) bond motifs is 1. The monoisotopic (exact) mass is 391 g/mol. The second kappa shape index (κ2) is 8.08. The minimum absolute atomic E-state index is 0.360. The quantitative estimate of drug-likeness (QED) is 0.604. The van der Waals surface area contributed by atoms with E-state index in [1.807, 2.05) is 22.8 Å². The summed E-state index contributed by atoms with van der Waals surface area (Å²) in [4.78, 5) is 29.6. The van der Waals surface area contributed by atoms with E-state index >= 15 is 0 Å². The number of nitrogens with one attached hydrogen (secondary N) is 1. The first-order valence-corrected chi connectivity index (χ1v) is 8.91. The van der Waals surface area contributed by atoms with Gasteiger partial charge in [-0.1, -0.05) is 29.8 Å². The van der Waals surface area contributed by atoms with Gasteiger partial charge in [-0.05, 0) is 11.6 Å². The van der Waals surface area contributed by atoms with Crippen molar-refractivity contribution in [3.8, 4) is 0 Å². The summed E-state index contributed by atoms with van der Waals surface area (Å²) in [5, 5.41) is 3.85. The van der Waals surface area contributed by atoms with Crippen LogP contribution in [-0.4, -0.2) is 38.9 Å². The van der Waals surface area contributed by atoms with Crippen molar-refractivity contribution in [3.05, 3.63) is 61.5 Å². The Hall–Kier alpha value is -2.42. The number of halogens is 1. The zero-order valence-corrected chi connectivity index (χ0v) is 16.3. The maximum Gasteiger partial charge on any atom is 0.332 e. The molecular formula is C18H22ClN5O3. The van der Waals surface area contributed by atoms with Crippen molar-refractivity contribution in [3.63, 3.8) is 0 Å². The molecule has 8 nitrogen and oxygen atoms in total. The molecule has 0 saturated heterocycles. The minimum Gasteiger partial charge on any atom is -0.383 e. The first-order valence-electron chi connectivity index (χ1n) is 8.54. The Labute approximate surface area is 161 Å². The number of ether oxygens (including phenoxy) is 1. The summed E-state index contributed by atoms with van der Waals surface area (Å²) < 4.78 is 9.34. The molecule has 0 aliphatic carbocycles. The molecule has 0 unspecified atom stereocenters. The van der Waals surface area contributed by atoms with Crippen LogP contribution in [0.5, 0.6) is 0 Å². The van der Waals surface area contributed by atoms with Crippen LogP contribution in [0.15, 0.2) is 33.9 Å². The van der Waals surface area contributed by atoms with Crippen LogP contribution in [0, 0.1) is 0 Å². The van der Waals surface area contributed by atoms with Crippen LogP contribution in [0.3, 0.4) is 0 Å². The average molecular weight is 392 g/mol. The number of benzene rings is 1. The molecule has 2 aromatic heterocycles. The van der Waals surface area contributed by atoms with Crippen molar-refractivity contribution >= 4 is 22.8 Å². The van der Waals surface area contributed by atoms with E-state index in [9.17, 15) is 9.59 Å². The summed E-state index contributed by atoms with van der Waals surface area (Å²) in [5.74, 6) is 0.652. The van der Waals surface area contributed by atoms with Gasteiger partial charge in [0.15, 0.2) is 11.2 Å². The van der Waals surface area contributed by atoms with Gasteiger partial charge in [0.1, 0.15) is 5.82 Å². The molecule has 3 aromatic rings. The van der Waals surface area contributed by atoms with Crippen LogP contribution in [-0.2, 0) is 31.9 Å². The van der Waals surface area contributed by atoms with Crippen LogP contribution in [0.25, 0.3) is 11.2 Å². The van der Waals surface area contributed by atoms with Crippen LogP contribution in [0.2, 0.25) is 5.02 Å². The number of aromatic nitrogens is 4. The Bertz CT molecular complexity index is 1080. The number of aryl methyl sites for hydroxylation is 1. The van der Waals surface area contributed by atoms with Crippen molar-refractivity contribution in [1.29, 1.82) is 0 Å². The first-order chi connectivity index (χ1) is 13.0. The second-order valence-corrected chi connectivity index (χ2v) is 6.66. The molecule has 9 heteroatoms. The van der Waals surface area contributed by atoms with Gasteiger partial charge in [0.05, 0.1) is 19.7 Å². The zero-order valence-electron chi connectivity index (χ0n) is 15.5. The number of imidazole rings is 1. The number of methoxy groups -OCH3 is 1. The smallest absolute Gasteiger partial charge is 0.332 e. The lowest BCUT2D eigenvalue weighted by Gasteiger charge is -2.11. The summed E-state index contributed by atoms with van der Waals surface area (Å²) in [6, 6.07) is 7.46. The van der Waals surface area contributed by atoms with Gasteiger partial charge in [0.25, 0.3) is 5.56 Å². The zero-order chi connectivity index (χ0) is 19.6. The maximum absolute atomic E-state index is 12.8. The summed E-state index contributed by atoms with van der Waals surface area (Å²) in [6.45, 7) is 2.01. The Morgan fingerprint density at radius 3 is 2.63 bits per heavy atom. The van der Waals surface area contributed by atoms with Crippen molar-refractivity contribution in [2.45, 2.75) is 13.1 Å². The number of nitrogens with zero attached hydrogens (tertiary/aromatic N) is 4. The molecule has 27 heavy (non-hydrogen) atoms. The lowest BCUT2D eigenvalue weighted by Crippen LogP contribution is -2.37. The molecule has 1 aromatic carbocycles. The summed E-state index contributed by atoms with van der Waals surface area (Å²) in [7, 11) is 4.71. The van der Waals surface area contributed by atoms with E-state index in [1.165, 1.54) is 11.6 Å². The van der Waals surface area contributed by atoms with Gasteiger partial charge in [0, 0.05) is 32.8 Å². The Morgan fingerprint density at radius 2 is 1.93 bits per heavy atom. The van der Waals surface area contributed by atoms with Gasteiger partial charge in [-0.2, -0.15) is 0 Å². The highest BCUT2D eigenvalue weighted by atomic mass is 35.5. The molecule has 1 N–H and O–H groups in total. The van der Waals surface area contributed by atoms with Crippen molar-refractivity contribution in [2.75, 3.05) is 20.3 Å². The third-order valence-corrected chi connectivity index (χ3v) is 4.85. The predicted molar refractivity (Wildman–Crippen MR) is 104 cm³/mol. The topological polar surface area (TPSA) is 83.1 Å². The molecule has 2 heterocycles. The summed E-state index contributed by atoms with van der Waals surface area (Å²) >= 11 is 6.31. The van der Waals surface area contributed by atoms with E-state index in [4.69, 9.17) is 16.3 Å². The lowest BCUT2D eigenvalue weighted by atomic mass is 10.2. The molecule has 144 valence electrons. The Kier molecular flexibility index (Phi) is 5.79. The van der Waals surface area contributed by atoms with Gasteiger partial charge in [-0.25, -0.2) is 9.78 Å². The summed E-state index contributed by atoms with van der Waals surface area (Å²) in [5.41, 5.74) is 0.818. The highest BCUT2D eigenvalue weighted by Crippen LogP contribution is 2.19. The fourth-order valence-electron chi connectivity index (χ4n) is 2.97. The van der Waals surface area contributed by atoms with Gasteiger partial charge < -0.3 is 14.6 Å². The van der Waals surface area contributed by atoms with Crippen molar-refractivity contribution in [1.82, 2.24) is 24.0 Å². The molecule has 0 spiro atoms. The van der Waals surface area contributed by atoms with Crippen LogP contribution in [0.1, 0.15) is 11.4 Å². The highest BCUT2D eigenvalue weighted by molar-refractivity contribution is 6.31. The molecule has 0 fully saturated rings. The second-order valence-electron chi connectivity index (χ2n) is 6.25. The number of hydrogen-bond acceptors (Lipinski definition) is 5. The van der Waals surface area contributed by atoms with E-state index in [-0.39, 0.29) is 5.56 Å². The maximum atomic E-state index is 12.8. The minimum atomic E-state index is -0.409. The van der Waals surface area contributed by atoms with Crippen LogP contribution >= 0.6 is 11.6 Å². The molecule has 0 saturated carbocycles. The van der Waals surface area contributed by atoms with E-state index in [0.717, 1.165) is 10.1 Å². The molecule has 0 amide bonds. The largest absolute Gasteiger partial charge is 0.383 e. The van der Waals surface area contributed by atoms with Crippen LogP contribution < -0.4 is 16.6 Å². The third kappa shape index (κ3) is 3.69. The molecule has 0 atom stereocenters. The van der Waals surface area contributed by atoms with Gasteiger partial charge in [-0.15, -0.1) is 0 Å². The first kappa shape index (κ1) is 19.3. The lowest BCUT2D eigenvalue weighted by molar-refractivity contribution is 0.199. The molecule has 3 rings (SSSR count). The summed E-state index contributed by atoms with van der Waals surface area (Å²) in [6.07, 6.45) is 0. The molecule has 0 radical (unpaired) electrons. The standard InChI is InChI=1S/C18H22ClN5O3/c1-22-16-15(17(25)23(2)18(22)26)24(11-12-6-4-5-7-13(12)19)14(21-16)10-20-8-9-27-3/h4-7,20H,8-11H2,1-3H3. The highest BCUT2D eigenvalue weighted by Gasteiger charge is 2.19. The van der Waals surface area contributed by atoms with Gasteiger partial charge >= 0.3 is 5.69 Å². The SMILES string of the molecule is COCCNCc1nc2c(c(=O)n(C)c(=O)n2C)n1Cc1ccccc1Cl. The van der Waals surface area contributed by atoms with Gasteiger partial charge in [-0.3, -0.25) is 13.9 Å². The van der Waals surface area contributed by atoms with Crippen LogP contribution in [0.4, 0.5) is 0 Å². The average Bonchev–Trinajstić information content (AvgIpc) is 3.02. The Balaban J connectivity index is 2.16. The third-order valence-electron chi connectivity index (χ3n) is 4.48. The number of rotatable bonds is 7. The van der Waals surface area contributed by atoms with Crippen molar-refractivity contribution in [2.24, 2.45) is 14.1 Å². The molecule has 0 bridgehead atoms. The van der Waals surface area contributed by atoms with E-state index in [2.05, 4.69) is 10.3 Å². The normalized spacial score (nSPS) is 11.4. The van der Waals surface area contributed by atoms with E-state index in [1.54, 1.807) is 20.2 Å². The van der Waals surface area contributed by atoms with E-state index in [0.29, 0.717) is 48.3 Å². The predicted octanol–water partition coefficient (Wildman–Crippen LogP) is 0.871. The Morgan fingerprint density at radius 1 is 1.19 bits per heavy atom. The van der Waals surface area contributed by atoms with Crippen molar-refractivity contribution < 1.29 is 4.74 Å². The molecule has 0 aliphatic rings. The molecular weight excluding hydrogens is 370 g/mol. The fraction of sp³-hybridized carbons (Fsp3) is 0.389. The molecule has 0 aliphatic heterocycles.